The molecule has 7 nitrogen and oxygen atoms in total. The van der Waals surface area contributed by atoms with E-state index in [9.17, 15) is 0 Å². The van der Waals surface area contributed by atoms with Gasteiger partial charge in [0.2, 0.25) is 0 Å². The van der Waals surface area contributed by atoms with Crippen LogP contribution in [-0.2, 0) is 11.3 Å². The van der Waals surface area contributed by atoms with Crippen molar-refractivity contribution in [2.24, 2.45) is 4.99 Å². The predicted molar refractivity (Wildman–Crippen MR) is 109 cm³/mol. The van der Waals surface area contributed by atoms with Gasteiger partial charge in [0.1, 0.15) is 6.54 Å². The lowest BCUT2D eigenvalue weighted by Gasteiger charge is -2.32. The number of aliphatic imine (C=N–C) groups is 1. The summed E-state index contributed by atoms with van der Waals surface area (Å²) in [5, 5.41) is 11.1. The summed E-state index contributed by atoms with van der Waals surface area (Å²) in [7, 11) is 1.76. The summed E-state index contributed by atoms with van der Waals surface area (Å²) in [6, 6.07) is 2.51. The van der Waals surface area contributed by atoms with Gasteiger partial charge in [-0.05, 0) is 32.6 Å². The van der Waals surface area contributed by atoms with Crippen LogP contribution in [0.1, 0.15) is 63.8 Å². The quantitative estimate of drug-likeness (QED) is 0.481. The molecule has 0 saturated carbocycles. The molecule has 0 radical (unpaired) electrons. The lowest BCUT2D eigenvalue weighted by Crippen LogP contribution is -2.49. The smallest absolute Gasteiger partial charge is 0.191 e. The number of aromatic nitrogens is 1. The van der Waals surface area contributed by atoms with E-state index in [1.807, 2.05) is 0 Å². The van der Waals surface area contributed by atoms with Crippen molar-refractivity contribution >= 4 is 5.96 Å². The molecule has 0 spiro atoms. The molecule has 154 valence electrons. The molecule has 0 amide bonds. The summed E-state index contributed by atoms with van der Waals surface area (Å²) in [5.74, 6) is 2.15. The molecule has 7 heteroatoms. The first-order chi connectivity index (χ1) is 13.2. The van der Waals surface area contributed by atoms with E-state index < -0.39 is 0 Å². The molecule has 2 rings (SSSR count). The van der Waals surface area contributed by atoms with Crippen LogP contribution in [0.25, 0.3) is 0 Å². The summed E-state index contributed by atoms with van der Waals surface area (Å²) >= 11 is 0. The summed E-state index contributed by atoms with van der Waals surface area (Å²) in [6.07, 6.45) is 4.41. The third kappa shape index (κ3) is 7.14. The number of rotatable bonds is 10. The summed E-state index contributed by atoms with van der Waals surface area (Å²) < 4.78 is 10.7. The minimum Gasteiger partial charge on any atom is -0.383 e. The molecule has 27 heavy (non-hydrogen) atoms. The van der Waals surface area contributed by atoms with Gasteiger partial charge in [0, 0.05) is 51.3 Å². The van der Waals surface area contributed by atoms with Gasteiger partial charge in [-0.15, -0.1) is 0 Å². The number of piperidine rings is 1. The minimum atomic E-state index is 0.455. The zero-order chi connectivity index (χ0) is 19.5. The molecule has 0 atom stereocenters. The van der Waals surface area contributed by atoms with Crippen molar-refractivity contribution in [3.05, 3.63) is 17.5 Å². The second-order valence-electron chi connectivity index (χ2n) is 7.18. The Kier molecular flexibility index (Phi) is 9.62. The Morgan fingerprint density at radius 1 is 1.33 bits per heavy atom. The zero-order valence-corrected chi connectivity index (χ0v) is 17.5. The highest BCUT2D eigenvalue weighted by atomic mass is 16.5. The fourth-order valence-corrected chi connectivity index (χ4v) is 3.49. The van der Waals surface area contributed by atoms with Gasteiger partial charge < -0.3 is 24.8 Å². The molecule has 2 N–H and O–H groups in total. The standard InChI is InChI=1S/C20H37N5O2/c1-5-16(6-2)19-14-18(27-24-19)15-22-20(21-7-3)23-17-8-10-25(11-9-17)12-13-26-4/h14,16-17H,5-13,15H2,1-4H3,(H2,21,22,23). The van der Waals surface area contributed by atoms with E-state index in [1.54, 1.807) is 7.11 Å². The average Bonchev–Trinajstić information content (AvgIpc) is 3.15. The van der Waals surface area contributed by atoms with Crippen molar-refractivity contribution in [2.45, 2.75) is 65.0 Å². The molecule has 0 aromatic carbocycles. The van der Waals surface area contributed by atoms with Gasteiger partial charge in [-0.3, -0.25) is 0 Å². The van der Waals surface area contributed by atoms with Crippen LogP contribution in [0.5, 0.6) is 0 Å². The van der Waals surface area contributed by atoms with Gasteiger partial charge in [0.15, 0.2) is 11.7 Å². The van der Waals surface area contributed by atoms with Crippen molar-refractivity contribution < 1.29 is 9.26 Å². The maximum atomic E-state index is 5.49. The SMILES string of the molecule is CCNC(=NCc1cc(C(CC)CC)no1)NC1CCN(CCOC)CC1. The van der Waals surface area contributed by atoms with E-state index in [0.717, 1.165) is 75.9 Å². The van der Waals surface area contributed by atoms with Crippen LogP contribution in [0, 0.1) is 0 Å². The maximum Gasteiger partial charge on any atom is 0.191 e. The van der Waals surface area contributed by atoms with E-state index in [2.05, 4.69) is 47.5 Å². The number of ether oxygens (including phenoxy) is 1. The monoisotopic (exact) mass is 379 g/mol. The lowest BCUT2D eigenvalue weighted by molar-refractivity contribution is 0.128. The van der Waals surface area contributed by atoms with Crippen LogP contribution in [0.4, 0.5) is 0 Å². The maximum absolute atomic E-state index is 5.49. The Labute approximate surface area is 163 Å². The highest BCUT2D eigenvalue weighted by Gasteiger charge is 2.20. The van der Waals surface area contributed by atoms with Gasteiger partial charge in [-0.2, -0.15) is 0 Å². The number of guanidine groups is 1. The number of nitrogens with one attached hydrogen (secondary N) is 2. The fraction of sp³-hybridized carbons (Fsp3) is 0.800. The van der Waals surface area contributed by atoms with Gasteiger partial charge in [-0.25, -0.2) is 4.99 Å². The fourth-order valence-electron chi connectivity index (χ4n) is 3.49. The number of likely N-dealkylation sites (tertiary alicyclic amines) is 1. The van der Waals surface area contributed by atoms with Gasteiger partial charge in [0.25, 0.3) is 0 Å². The molecule has 0 unspecified atom stereocenters. The molecule has 0 aliphatic carbocycles. The molecular formula is C20H37N5O2. The Bertz CT molecular complexity index is 548. The van der Waals surface area contributed by atoms with Crippen molar-refractivity contribution in [2.75, 3.05) is 39.9 Å². The van der Waals surface area contributed by atoms with Crippen LogP contribution in [0.3, 0.4) is 0 Å². The first-order valence-corrected chi connectivity index (χ1v) is 10.4. The second kappa shape index (κ2) is 12.0. The summed E-state index contributed by atoms with van der Waals surface area (Å²) in [6.45, 7) is 11.8. The third-order valence-corrected chi connectivity index (χ3v) is 5.26. The Balaban J connectivity index is 1.86. The first-order valence-electron chi connectivity index (χ1n) is 10.4. The number of nitrogens with zero attached hydrogens (tertiary/aromatic N) is 3. The number of methoxy groups -OCH3 is 1. The van der Waals surface area contributed by atoms with Gasteiger partial charge in [-0.1, -0.05) is 19.0 Å². The van der Waals surface area contributed by atoms with E-state index >= 15 is 0 Å². The van der Waals surface area contributed by atoms with Crippen LogP contribution < -0.4 is 10.6 Å². The number of hydrogen-bond donors (Lipinski definition) is 2. The van der Waals surface area contributed by atoms with Crippen molar-refractivity contribution in [1.82, 2.24) is 20.7 Å². The Morgan fingerprint density at radius 2 is 2.07 bits per heavy atom. The van der Waals surface area contributed by atoms with Crippen molar-refractivity contribution in [3.8, 4) is 0 Å². The van der Waals surface area contributed by atoms with Crippen LogP contribution >= 0.6 is 0 Å². The molecule has 1 saturated heterocycles. The largest absolute Gasteiger partial charge is 0.383 e. The predicted octanol–water partition coefficient (Wildman–Crippen LogP) is 2.74. The van der Waals surface area contributed by atoms with E-state index in [1.165, 1.54) is 0 Å². The van der Waals surface area contributed by atoms with Crippen LogP contribution in [-0.4, -0.2) is 62.0 Å². The Hall–Kier alpha value is -1.60. The average molecular weight is 380 g/mol. The summed E-state index contributed by atoms with van der Waals surface area (Å²) in [5.41, 5.74) is 1.05. The van der Waals surface area contributed by atoms with E-state index in [4.69, 9.17) is 14.3 Å². The molecule has 2 heterocycles. The molecule has 0 bridgehead atoms. The molecular weight excluding hydrogens is 342 g/mol. The highest BCUT2D eigenvalue weighted by Crippen LogP contribution is 2.22. The lowest BCUT2D eigenvalue weighted by atomic mass is 9.99. The highest BCUT2D eigenvalue weighted by molar-refractivity contribution is 5.80. The van der Waals surface area contributed by atoms with Crippen LogP contribution in [0.15, 0.2) is 15.6 Å². The first kappa shape index (κ1) is 21.7. The van der Waals surface area contributed by atoms with Gasteiger partial charge >= 0.3 is 0 Å². The minimum absolute atomic E-state index is 0.455. The van der Waals surface area contributed by atoms with Crippen molar-refractivity contribution in [3.63, 3.8) is 0 Å². The third-order valence-electron chi connectivity index (χ3n) is 5.26. The normalized spacial score (nSPS) is 16.9. The molecule has 1 fully saturated rings. The Morgan fingerprint density at radius 3 is 2.70 bits per heavy atom. The molecule has 1 aromatic rings. The molecule has 1 aliphatic heterocycles. The van der Waals surface area contributed by atoms with Gasteiger partial charge in [0.05, 0.1) is 12.3 Å². The van der Waals surface area contributed by atoms with E-state index in [0.29, 0.717) is 18.5 Å². The van der Waals surface area contributed by atoms with Crippen molar-refractivity contribution in [1.29, 1.82) is 0 Å². The second-order valence-corrected chi connectivity index (χ2v) is 7.18. The topological polar surface area (TPSA) is 74.9 Å². The molecule has 1 aliphatic rings. The molecule has 1 aromatic heterocycles. The van der Waals surface area contributed by atoms with E-state index in [-0.39, 0.29) is 0 Å². The number of hydrogen-bond acceptors (Lipinski definition) is 5. The zero-order valence-electron chi connectivity index (χ0n) is 17.5. The summed E-state index contributed by atoms with van der Waals surface area (Å²) in [4.78, 5) is 7.16. The van der Waals surface area contributed by atoms with Crippen LogP contribution in [0.2, 0.25) is 0 Å².